The molecule has 0 bridgehead atoms. The number of hydrogen-bond acceptors (Lipinski definition) is 4. The second-order valence-corrected chi connectivity index (χ2v) is 5.96. The fraction of sp³-hybridized carbons (Fsp3) is 0.333. The van der Waals surface area contributed by atoms with Crippen LogP contribution in [0.4, 0.5) is 0 Å². The number of nitrogens with zero attached hydrogens (tertiary/aromatic N) is 2. The second kappa shape index (κ2) is 6.56. The first-order valence-electron chi connectivity index (χ1n) is 6.73. The summed E-state index contributed by atoms with van der Waals surface area (Å²) in [5.41, 5.74) is 8.29. The summed E-state index contributed by atoms with van der Waals surface area (Å²) in [4.78, 5) is 20.1. The third-order valence-corrected chi connectivity index (χ3v) is 4.81. The van der Waals surface area contributed by atoms with Gasteiger partial charge in [-0.2, -0.15) is 0 Å². The van der Waals surface area contributed by atoms with Gasteiger partial charge in [0.2, 0.25) is 0 Å². The minimum Gasteiger partial charge on any atom is -0.331 e. The average Bonchev–Trinajstić information content (AvgIpc) is 2.96. The lowest BCUT2D eigenvalue weighted by Gasteiger charge is -2.33. The van der Waals surface area contributed by atoms with Crippen molar-refractivity contribution in [2.45, 2.75) is 25.9 Å². The van der Waals surface area contributed by atoms with E-state index in [0.717, 1.165) is 18.7 Å². The molecule has 2 aromatic rings. The van der Waals surface area contributed by atoms with Crippen molar-refractivity contribution in [3.63, 3.8) is 0 Å². The average molecular weight is 324 g/mol. The molecule has 0 aromatic carbocycles. The van der Waals surface area contributed by atoms with Crippen molar-refractivity contribution in [2.75, 3.05) is 6.54 Å². The smallest absolute Gasteiger partial charge is 0.254 e. The summed E-state index contributed by atoms with van der Waals surface area (Å²) in [7, 11) is 0. The van der Waals surface area contributed by atoms with Crippen molar-refractivity contribution in [2.24, 2.45) is 5.73 Å². The summed E-state index contributed by atoms with van der Waals surface area (Å²) >= 11 is 1.78. The topological polar surface area (TPSA) is 59.2 Å². The number of halogens is 1. The van der Waals surface area contributed by atoms with Gasteiger partial charge in [-0.3, -0.25) is 9.78 Å². The number of pyridine rings is 1. The van der Waals surface area contributed by atoms with E-state index in [-0.39, 0.29) is 24.4 Å². The molecule has 2 N–H and O–H groups in total. The highest BCUT2D eigenvalue weighted by molar-refractivity contribution is 7.10. The second-order valence-electron chi connectivity index (χ2n) is 4.96. The van der Waals surface area contributed by atoms with Crippen LogP contribution in [0.1, 0.15) is 39.5 Å². The summed E-state index contributed by atoms with van der Waals surface area (Å²) in [6.45, 7) is 3.22. The highest BCUT2D eigenvalue weighted by Gasteiger charge is 2.28. The van der Waals surface area contributed by atoms with E-state index in [9.17, 15) is 4.79 Å². The number of rotatable bonds is 2. The zero-order chi connectivity index (χ0) is 14.1. The number of amides is 1. The van der Waals surface area contributed by atoms with Crippen molar-refractivity contribution < 1.29 is 4.79 Å². The summed E-state index contributed by atoms with van der Waals surface area (Å²) in [5, 5.41) is 2.11. The minimum absolute atomic E-state index is 0. The van der Waals surface area contributed by atoms with Gasteiger partial charge >= 0.3 is 0 Å². The van der Waals surface area contributed by atoms with Gasteiger partial charge in [0.15, 0.2) is 0 Å². The van der Waals surface area contributed by atoms with Crippen LogP contribution in [0.2, 0.25) is 0 Å². The molecule has 0 radical (unpaired) electrons. The molecule has 1 unspecified atom stereocenters. The number of carbonyl (C=O) groups excluding carboxylic acids is 1. The first kappa shape index (κ1) is 15.9. The number of nitrogens with two attached hydrogens (primary N) is 1. The lowest BCUT2D eigenvalue weighted by Crippen LogP contribution is -2.38. The first-order valence-corrected chi connectivity index (χ1v) is 7.61. The maximum absolute atomic E-state index is 12.7. The van der Waals surface area contributed by atoms with Gasteiger partial charge in [-0.1, -0.05) is 0 Å². The van der Waals surface area contributed by atoms with Gasteiger partial charge in [-0.05, 0) is 42.5 Å². The van der Waals surface area contributed by atoms with Crippen molar-refractivity contribution >= 4 is 29.7 Å². The molecule has 3 heterocycles. The van der Waals surface area contributed by atoms with E-state index in [4.69, 9.17) is 5.73 Å². The third kappa shape index (κ3) is 2.95. The van der Waals surface area contributed by atoms with Crippen molar-refractivity contribution in [3.8, 4) is 0 Å². The van der Waals surface area contributed by atoms with Crippen LogP contribution in [0.25, 0.3) is 0 Å². The van der Waals surface area contributed by atoms with Gasteiger partial charge in [-0.15, -0.1) is 23.7 Å². The van der Waals surface area contributed by atoms with Gasteiger partial charge < -0.3 is 10.6 Å². The van der Waals surface area contributed by atoms with Gasteiger partial charge in [0.25, 0.3) is 5.91 Å². The number of carbonyl (C=O) groups is 1. The maximum atomic E-state index is 12.7. The van der Waals surface area contributed by atoms with E-state index in [1.807, 2.05) is 4.90 Å². The monoisotopic (exact) mass is 323 g/mol. The van der Waals surface area contributed by atoms with Crippen molar-refractivity contribution in [1.29, 1.82) is 0 Å². The Morgan fingerprint density at radius 3 is 3.10 bits per heavy atom. The van der Waals surface area contributed by atoms with Crippen molar-refractivity contribution in [3.05, 3.63) is 51.5 Å². The van der Waals surface area contributed by atoms with E-state index in [2.05, 4.69) is 23.4 Å². The molecule has 1 aliphatic rings. The van der Waals surface area contributed by atoms with E-state index in [1.165, 1.54) is 10.4 Å². The van der Waals surface area contributed by atoms with Crippen LogP contribution >= 0.6 is 23.7 Å². The highest BCUT2D eigenvalue weighted by atomic mass is 35.5. The van der Waals surface area contributed by atoms with Crippen molar-refractivity contribution in [1.82, 2.24) is 9.88 Å². The van der Waals surface area contributed by atoms with Crippen LogP contribution in [0.3, 0.4) is 0 Å². The Morgan fingerprint density at radius 1 is 1.52 bits per heavy atom. The summed E-state index contributed by atoms with van der Waals surface area (Å²) in [5.74, 6) is 0.0615. The van der Waals surface area contributed by atoms with Crippen LogP contribution < -0.4 is 5.73 Å². The molecule has 1 atom stereocenters. The van der Waals surface area contributed by atoms with E-state index in [1.54, 1.807) is 29.7 Å². The molecule has 0 fully saturated rings. The van der Waals surface area contributed by atoms with Gasteiger partial charge in [0.05, 0.1) is 11.7 Å². The Morgan fingerprint density at radius 2 is 2.33 bits per heavy atom. The molecule has 0 spiro atoms. The predicted octanol–water partition coefficient (Wildman–Crippen LogP) is 2.78. The van der Waals surface area contributed by atoms with Crippen LogP contribution in [0.15, 0.2) is 29.8 Å². The quantitative estimate of drug-likeness (QED) is 0.924. The van der Waals surface area contributed by atoms with Crippen LogP contribution in [-0.4, -0.2) is 22.3 Å². The van der Waals surface area contributed by atoms with Gasteiger partial charge in [-0.25, -0.2) is 0 Å². The van der Waals surface area contributed by atoms with Gasteiger partial charge in [0, 0.05) is 29.7 Å². The third-order valence-electron chi connectivity index (χ3n) is 3.81. The Bertz CT molecular complexity index is 643. The maximum Gasteiger partial charge on any atom is 0.254 e. The molecular formula is C15H18ClN3OS. The van der Waals surface area contributed by atoms with Crippen LogP contribution in [0.5, 0.6) is 0 Å². The molecule has 1 amide bonds. The number of thiophene rings is 1. The zero-order valence-electron chi connectivity index (χ0n) is 11.8. The minimum atomic E-state index is 0. The molecule has 6 heteroatoms. The molecule has 0 saturated carbocycles. The Labute approximate surface area is 134 Å². The zero-order valence-corrected chi connectivity index (χ0v) is 13.4. The summed E-state index contributed by atoms with van der Waals surface area (Å²) in [6.07, 6.45) is 2.60. The molecule has 0 saturated heterocycles. The SMILES string of the molecule is CC1c2ccsc2CCN1C(=O)c1ccnc(CN)c1.Cl. The molecule has 0 aliphatic carbocycles. The fourth-order valence-electron chi connectivity index (χ4n) is 2.68. The normalized spacial score (nSPS) is 17.0. The number of hydrogen-bond donors (Lipinski definition) is 1. The van der Waals surface area contributed by atoms with E-state index >= 15 is 0 Å². The Balaban J connectivity index is 0.00000161. The lowest BCUT2D eigenvalue weighted by atomic mass is 10.0. The lowest BCUT2D eigenvalue weighted by molar-refractivity contribution is 0.0679. The molecule has 2 aromatic heterocycles. The fourth-order valence-corrected chi connectivity index (χ4v) is 3.64. The Kier molecular flexibility index (Phi) is 4.98. The largest absolute Gasteiger partial charge is 0.331 e. The molecule has 112 valence electrons. The van der Waals surface area contributed by atoms with E-state index in [0.29, 0.717) is 12.1 Å². The van der Waals surface area contributed by atoms with Crippen LogP contribution in [-0.2, 0) is 13.0 Å². The summed E-state index contributed by atoms with van der Waals surface area (Å²) < 4.78 is 0. The van der Waals surface area contributed by atoms with Gasteiger partial charge in [0.1, 0.15) is 0 Å². The molecule has 21 heavy (non-hydrogen) atoms. The standard InChI is InChI=1S/C15H17N3OS.ClH/c1-10-13-4-7-20-14(13)3-6-18(10)15(19)11-2-5-17-12(8-11)9-16;/h2,4-5,7-8,10H,3,6,9,16H2,1H3;1H. The van der Waals surface area contributed by atoms with Crippen LogP contribution in [0, 0.1) is 0 Å². The first-order chi connectivity index (χ1) is 9.70. The van der Waals surface area contributed by atoms with E-state index < -0.39 is 0 Å². The Hall–Kier alpha value is -1.43. The number of aromatic nitrogens is 1. The predicted molar refractivity (Wildman–Crippen MR) is 86.9 cm³/mol. The molecule has 3 rings (SSSR count). The molecule has 4 nitrogen and oxygen atoms in total. The number of fused-ring (bicyclic) bond motifs is 1. The molecular weight excluding hydrogens is 306 g/mol. The highest BCUT2D eigenvalue weighted by Crippen LogP contribution is 2.33. The summed E-state index contributed by atoms with van der Waals surface area (Å²) in [6, 6.07) is 5.81. The molecule has 1 aliphatic heterocycles.